The minimum atomic E-state index is -0.957. The molecule has 2 aliphatic rings. The smallest absolute Gasteiger partial charge is 0.354 e. The zero-order chi connectivity index (χ0) is 22.0. The highest BCUT2D eigenvalue weighted by Crippen LogP contribution is 2.41. The number of carbonyl (C=O) groups is 1. The molecule has 2 saturated carbocycles. The highest BCUT2D eigenvalue weighted by molar-refractivity contribution is 5.94. The quantitative estimate of drug-likeness (QED) is 0.519. The molecule has 0 amide bonds. The summed E-state index contributed by atoms with van der Waals surface area (Å²) in [6.45, 7) is 7.09. The van der Waals surface area contributed by atoms with Gasteiger partial charge in [-0.2, -0.15) is 0 Å². The van der Waals surface area contributed by atoms with Crippen LogP contribution in [0.25, 0.3) is 10.8 Å². The number of nitrogens with zero attached hydrogens (tertiary/aromatic N) is 1. The fourth-order valence-corrected chi connectivity index (χ4v) is 5.57. The van der Waals surface area contributed by atoms with Gasteiger partial charge in [0.2, 0.25) is 0 Å². The van der Waals surface area contributed by atoms with Crippen molar-refractivity contribution in [3.63, 3.8) is 0 Å². The number of carboxylic acid groups (broad SMARTS) is 1. The molecule has 0 unspecified atom stereocenters. The van der Waals surface area contributed by atoms with Gasteiger partial charge in [-0.25, -0.2) is 9.78 Å². The van der Waals surface area contributed by atoms with Crippen LogP contribution in [0.2, 0.25) is 0 Å². The number of hydrogen-bond donors (Lipinski definition) is 1. The SMILES string of the molecule is CCC(C)(C)C1CCC(Oc2ccc3cc(C(=O)O)nc(CC4CCCC4)c3c2)CC1. The van der Waals surface area contributed by atoms with Gasteiger partial charge < -0.3 is 9.84 Å². The molecule has 0 atom stereocenters. The Kier molecular flexibility index (Phi) is 6.55. The Labute approximate surface area is 186 Å². The van der Waals surface area contributed by atoms with Crippen molar-refractivity contribution in [2.75, 3.05) is 0 Å². The van der Waals surface area contributed by atoms with E-state index in [9.17, 15) is 9.90 Å². The van der Waals surface area contributed by atoms with E-state index in [0.717, 1.165) is 47.4 Å². The number of carboxylic acids is 1. The van der Waals surface area contributed by atoms with Crippen LogP contribution in [0.3, 0.4) is 0 Å². The first-order valence-electron chi connectivity index (χ1n) is 12.2. The molecule has 1 heterocycles. The van der Waals surface area contributed by atoms with Crippen LogP contribution in [0.4, 0.5) is 0 Å². The Hall–Kier alpha value is -2.10. The first-order chi connectivity index (χ1) is 14.9. The third kappa shape index (κ3) is 5.05. The van der Waals surface area contributed by atoms with Crippen LogP contribution in [-0.2, 0) is 6.42 Å². The van der Waals surface area contributed by atoms with Gasteiger partial charge in [-0.05, 0) is 72.9 Å². The highest BCUT2D eigenvalue weighted by atomic mass is 16.5. The van der Waals surface area contributed by atoms with E-state index in [4.69, 9.17) is 4.74 Å². The van der Waals surface area contributed by atoms with Crippen molar-refractivity contribution >= 4 is 16.7 Å². The summed E-state index contributed by atoms with van der Waals surface area (Å²) in [5.41, 5.74) is 1.48. The predicted molar refractivity (Wildman–Crippen MR) is 125 cm³/mol. The summed E-state index contributed by atoms with van der Waals surface area (Å²) >= 11 is 0. The summed E-state index contributed by atoms with van der Waals surface area (Å²) in [5, 5.41) is 11.5. The number of ether oxygens (including phenoxy) is 1. The highest BCUT2D eigenvalue weighted by Gasteiger charge is 2.32. The number of aromatic carboxylic acids is 1. The summed E-state index contributed by atoms with van der Waals surface area (Å²) in [6, 6.07) is 7.79. The molecule has 2 fully saturated rings. The maximum absolute atomic E-state index is 11.6. The van der Waals surface area contributed by atoms with Crippen LogP contribution >= 0.6 is 0 Å². The van der Waals surface area contributed by atoms with Crippen LogP contribution in [0, 0.1) is 17.3 Å². The molecule has 1 aromatic heterocycles. The molecule has 2 aromatic rings. The lowest BCUT2D eigenvalue weighted by atomic mass is 9.69. The number of hydrogen-bond acceptors (Lipinski definition) is 3. The molecule has 0 radical (unpaired) electrons. The van der Waals surface area contributed by atoms with Crippen LogP contribution < -0.4 is 4.74 Å². The number of aromatic nitrogens is 1. The second-order valence-corrected chi connectivity index (χ2v) is 10.4. The van der Waals surface area contributed by atoms with E-state index >= 15 is 0 Å². The third-order valence-corrected chi connectivity index (χ3v) is 8.05. The standard InChI is InChI=1S/C27H37NO3/c1-4-27(2,3)20-10-13-21(14-11-20)31-22-12-9-19-16-25(26(29)30)28-24(23(19)17-22)15-18-7-5-6-8-18/h9,12,16-18,20-21H,4-8,10-11,13-15H2,1-3H3,(H,29,30). The lowest BCUT2D eigenvalue weighted by molar-refractivity contribution is 0.0690. The molecule has 1 N–H and O–H groups in total. The Bertz CT molecular complexity index is 921. The van der Waals surface area contributed by atoms with E-state index in [-0.39, 0.29) is 11.8 Å². The van der Waals surface area contributed by atoms with E-state index in [0.29, 0.717) is 11.3 Å². The second-order valence-electron chi connectivity index (χ2n) is 10.4. The first kappa shape index (κ1) is 22.1. The molecule has 168 valence electrons. The number of pyridine rings is 1. The molecular formula is C27H37NO3. The van der Waals surface area contributed by atoms with Crippen LogP contribution in [0.15, 0.2) is 24.3 Å². The van der Waals surface area contributed by atoms with Crippen molar-refractivity contribution in [3.8, 4) is 5.75 Å². The van der Waals surface area contributed by atoms with Gasteiger partial charge in [0.15, 0.2) is 0 Å². The van der Waals surface area contributed by atoms with E-state index in [1.54, 1.807) is 6.07 Å². The second kappa shape index (κ2) is 9.18. The van der Waals surface area contributed by atoms with Crippen molar-refractivity contribution in [2.45, 2.75) is 91.1 Å². The summed E-state index contributed by atoms with van der Waals surface area (Å²) in [7, 11) is 0. The summed E-state index contributed by atoms with van der Waals surface area (Å²) in [6.07, 6.45) is 12.0. The van der Waals surface area contributed by atoms with E-state index in [1.165, 1.54) is 44.9 Å². The molecule has 4 nitrogen and oxygen atoms in total. The minimum Gasteiger partial charge on any atom is -0.490 e. The summed E-state index contributed by atoms with van der Waals surface area (Å²) in [4.78, 5) is 16.1. The molecule has 0 bridgehead atoms. The Balaban J connectivity index is 1.53. The number of benzene rings is 1. The average Bonchev–Trinajstić information content (AvgIpc) is 3.27. The molecule has 4 heteroatoms. The van der Waals surface area contributed by atoms with Gasteiger partial charge in [-0.1, -0.05) is 58.9 Å². The van der Waals surface area contributed by atoms with Gasteiger partial charge in [0.1, 0.15) is 11.4 Å². The van der Waals surface area contributed by atoms with Crippen molar-refractivity contribution in [2.24, 2.45) is 17.3 Å². The topological polar surface area (TPSA) is 59.4 Å². The zero-order valence-electron chi connectivity index (χ0n) is 19.3. The lowest BCUT2D eigenvalue weighted by Gasteiger charge is -2.38. The van der Waals surface area contributed by atoms with Crippen molar-refractivity contribution in [3.05, 3.63) is 35.7 Å². The molecule has 0 spiro atoms. The molecule has 2 aliphatic carbocycles. The summed E-state index contributed by atoms with van der Waals surface area (Å²) in [5.74, 6) is 1.33. The first-order valence-corrected chi connectivity index (χ1v) is 12.2. The normalized spacial score (nSPS) is 22.7. The minimum absolute atomic E-state index is 0.144. The van der Waals surface area contributed by atoms with E-state index in [1.807, 2.05) is 12.1 Å². The van der Waals surface area contributed by atoms with E-state index in [2.05, 4.69) is 31.8 Å². The van der Waals surface area contributed by atoms with Crippen molar-refractivity contribution in [1.82, 2.24) is 4.98 Å². The van der Waals surface area contributed by atoms with Crippen LogP contribution in [0.1, 0.15) is 94.7 Å². The molecule has 1 aromatic carbocycles. The van der Waals surface area contributed by atoms with Crippen LogP contribution in [0.5, 0.6) is 5.75 Å². The molecular weight excluding hydrogens is 386 g/mol. The molecule has 0 saturated heterocycles. The van der Waals surface area contributed by atoms with Crippen molar-refractivity contribution in [1.29, 1.82) is 0 Å². The lowest BCUT2D eigenvalue weighted by Crippen LogP contribution is -2.31. The van der Waals surface area contributed by atoms with Gasteiger partial charge in [-0.15, -0.1) is 0 Å². The number of rotatable bonds is 7. The fourth-order valence-electron chi connectivity index (χ4n) is 5.57. The maximum atomic E-state index is 11.6. The monoisotopic (exact) mass is 423 g/mol. The number of fused-ring (bicyclic) bond motifs is 1. The molecule has 4 rings (SSSR count). The van der Waals surface area contributed by atoms with Gasteiger partial charge in [0.25, 0.3) is 0 Å². The summed E-state index contributed by atoms with van der Waals surface area (Å²) < 4.78 is 6.42. The van der Waals surface area contributed by atoms with Gasteiger partial charge in [0, 0.05) is 11.1 Å². The molecule has 0 aliphatic heterocycles. The predicted octanol–water partition coefficient (Wildman–Crippen LogP) is 7.04. The Morgan fingerprint density at radius 2 is 1.81 bits per heavy atom. The van der Waals surface area contributed by atoms with Gasteiger partial charge >= 0.3 is 5.97 Å². The largest absolute Gasteiger partial charge is 0.490 e. The van der Waals surface area contributed by atoms with Gasteiger partial charge in [0.05, 0.1) is 6.10 Å². The van der Waals surface area contributed by atoms with Crippen LogP contribution in [-0.4, -0.2) is 22.2 Å². The van der Waals surface area contributed by atoms with Gasteiger partial charge in [-0.3, -0.25) is 0 Å². The zero-order valence-corrected chi connectivity index (χ0v) is 19.3. The van der Waals surface area contributed by atoms with Crippen molar-refractivity contribution < 1.29 is 14.6 Å². The van der Waals surface area contributed by atoms with E-state index < -0.39 is 5.97 Å². The Morgan fingerprint density at radius 1 is 1.10 bits per heavy atom. The Morgan fingerprint density at radius 3 is 2.45 bits per heavy atom. The maximum Gasteiger partial charge on any atom is 0.354 e. The molecule has 31 heavy (non-hydrogen) atoms. The fraction of sp³-hybridized carbons (Fsp3) is 0.630. The third-order valence-electron chi connectivity index (χ3n) is 8.05. The average molecular weight is 424 g/mol.